The van der Waals surface area contributed by atoms with Gasteiger partial charge < -0.3 is 16.0 Å². The van der Waals surface area contributed by atoms with Crippen molar-refractivity contribution in [1.29, 1.82) is 0 Å². The van der Waals surface area contributed by atoms with Crippen molar-refractivity contribution in [3.8, 4) is 0 Å². The second-order valence-electron chi connectivity index (χ2n) is 4.96. The number of nitrogens with two attached hydrogens (primary N) is 1. The van der Waals surface area contributed by atoms with Crippen LogP contribution in [-0.4, -0.2) is 15.9 Å². The summed E-state index contributed by atoms with van der Waals surface area (Å²) in [5.41, 5.74) is 7.49. The fourth-order valence-corrected chi connectivity index (χ4v) is 2.33. The highest BCUT2D eigenvalue weighted by Gasteiger charge is 2.14. The molecule has 1 unspecified atom stereocenters. The first kappa shape index (κ1) is 14.8. The second-order valence-corrected chi connectivity index (χ2v) is 4.96. The molecule has 0 spiro atoms. The molecule has 0 aliphatic rings. The summed E-state index contributed by atoms with van der Waals surface area (Å²) in [5, 5.41) is 3.19. The Balaban J connectivity index is 2.30. The summed E-state index contributed by atoms with van der Waals surface area (Å²) in [6.07, 6.45) is 0. The molecule has 6 nitrogen and oxygen atoms in total. The minimum absolute atomic E-state index is 0.161. The number of nitrogens with one attached hydrogen (secondary N) is 2. The smallest absolute Gasteiger partial charge is 0.256 e. The third kappa shape index (κ3) is 3.28. The van der Waals surface area contributed by atoms with Gasteiger partial charge in [0.1, 0.15) is 5.82 Å². The number of carbonyl (C=O) groups is 1. The van der Waals surface area contributed by atoms with Crippen molar-refractivity contribution in [3.63, 3.8) is 0 Å². The maximum absolute atomic E-state index is 12.1. The molecule has 6 heteroatoms. The lowest BCUT2D eigenvalue weighted by atomic mass is 10.1. The molecule has 21 heavy (non-hydrogen) atoms. The zero-order valence-electron chi connectivity index (χ0n) is 12.2. The Morgan fingerprint density at radius 2 is 2.10 bits per heavy atom. The molecule has 4 N–H and O–H groups in total. The monoisotopic (exact) mass is 286 g/mol. The summed E-state index contributed by atoms with van der Waals surface area (Å²) in [4.78, 5) is 30.2. The van der Waals surface area contributed by atoms with Gasteiger partial charge in [-0.05, 0) is 39.0 Å². The Hall–Kier alpha value is -2.63. The van der Waals surface area contributed by atoms with Gasteiger partial charge in [-0.2, -0.15) is 0 Å². The molecule has 1 aromatic carbocycles. The van der Waals surface area contributed by atoms with Crippen LogP contribution in [-0.2, 0) is 0 Å². The van der Waals surface area contributed by atoms with E-state index in [1.54, 1.807) is 32.0 Å². The van der Waals surface area contributed by atoms with Gasteiger partial charge in [0.05, 0.1) is 17.3 Å². The van der Waals surface area contributed by atoms with E-state index in [0.717, 1.165) is 5.69 Å². The molecule has 1 heterocycles. The van der Waals surface area contributed by atoms with Crippen molar-refractivity contribution in [2.24, 2.45) is 5.73 Å². The molecule has 0 fully saturated rings. The van der Waals surface area contributed by atoms with Crippen LogP contribution in [0.5, 0.6) is 0 Å². The number of carbonyl (C=O) groups excluding carboxylic acids is 1. The van der Waals surface area contributed by atoms with Crippen LogP contribution in [0.2, 0.25) is 0 Å². The molecule has 1 amide bonds. The number of rotatable bonds is 4. The SMILES string of the molecule is Cc1nc(C)c(C(C)Nc2cccc(C(N)=O)c2)c(=O)[nH]1. The topological polar surface area (TPSA) is 101 Å². The van der Waals surface area contributed by atoms with Gasteiger partial charge in [0.2, 0.25) is 5.91 Å². The van der Waals surface area contributed by atoms with Crippen molar-refractivity contribution in [2.45, 2.75) is 26.8 Å². The molecule has 1 aromatic heterocycles. The van der Waals surface area contributed by atoms with Crippen LogP contribution in [0.3, 0.4) is 0 Å². The Kier molecular flexibility index (Phi) is 4.07. The quantitative estimate of drug-likeness (QED) is 0.795. The van der Waals surface area contributed by atoms with E-state index in [1.165, 1.54) is 0 Å². The number of nitrogens with zero attached hydrogens (tertiary/aromatic N) is 1. The van der Waals surface area contributed by atoms with Crippen LogP contribution in [0.1, 0.15) is 40.4 Å². The van der Waals surface area contributed by atoms with Crippen LogP contribution in [0.25, 0.3) is 0 Å². The molecule has 2 rings (SSSR count). The normalized spacial score (nSPS) is 12.0. The van der Waals surface area contributed by atoms with Crippen LogP contribution < -0.4 is 16.6 Å². The number of aromatic amines is 1. The Labute approximate surface area is 122 Å². The predicted octanol–water partition coefficient (Wildman–Crippen LogP) is 1.66. The van der Waals surface area contributed by atoms with Gasteiger partial charge in [-0.3, -0.25) is 9.59 Å². The van der Waals surface area contributed by atoms with Gasteiger partial charge in [0, 0.05) is 11.3 Å². The summed E-state index contributed by atoms with van der Waals surface area (Å²) in [6, 6.07) is 6.60. The Morgan fingerprint density at radius 3 is 2.71 bits per heavy atom. The highest BCUT2D eigenvalue weighted by atomic mass is 16.1. The van der Waals surface area contributed by atoms with Gasteiger partial charge in [-0.1, -0.05) is 6.07 Å². The average Bonchev–Trinajstić information content (AvgIpc) is 2.37. The van der Waals surface area contributed by atoms with Gasteiger partial charge in [0.25, 0.3) is 5.56 Å². The van der Waals surface area contributed by atoms with E-state index < -0.39 is 5.91 Å². The van der Waals surface area contributed by atoms with E-state index >= 15 is 0 Å². The number of aromatic nitrogens is 2. The lowest BCUT2D eigenvalue weighted by Gasteiger charge is -2.17. The number of primary amides is 1. The number of hydrogen-bond donors (Lipinski definition) is 3. The number of amides is 1. The van der Waals surface area contributed by atoms with Crippen LogP contribution in [0, 0.1) is 13.8 Å². The Morgan fingerprint density at radius 1 is 1.38 bits per heavy atom. The molecule has 1 atom stereocenters. The lowest BCUT2D eigenvalue weighted by Crippen LogP contribution is -2.23. The van der Waals surface area contributed by atoms with Crippen LogP contribution >= 0.6 is 0 Å². The summed E-state index contributed by atoms with van der Waals surface area (Å²) in [5.74, 6) is 0.0986. The minimum atomic E-state index is -0.489. The number of hydrogen-bond acceptors (Lipinski definition) is 4. The van der Waals surface area contributed by atoms with E-state index in [0.29, 0.717) is 22.6 Å². The molecular weight excluding hydrogens is 268 g/mol. The maximum atomic E-state index is 12.1. The zero-order chi connectivity index (χ0) is 15.6. The first-order valence-corrected chi connectivity index (χ1v) is 6.62. The average molecular weight is 286 g/mol. The molecule has 0 saturated carbocycles. The van der Waals surface area contributed by atoms with Crippen molar-refractivity contribution < 1.29 is 4.79 Å². The molecular formula is C15H18N4O2. The van der Waals surface area contributed by atoms with Gasteiger partial charge in [-0.15, -0.1) is 0 Å². The maximum Gasteiger partial charge on any atom is 0.256 e. The van der Waals surface area contributed by atoms with E-state index in [1.807, 2.05) is 13.0 Å². The second kappa shape index (κ2) is 5.78. The standard InChI is InChI=1S/C15H18N4O2/c1-8-13(15(21)19-10(3)17-8)9(2)18-12-6-4-5-11(7-12)14(16)20/h4-7,9,18H,1-3H3,(H2,16,20)(H,17,19,21). The molecule has 0 radical (unpaired) electrons. The van der Waals surface area contributed by atoms with Gasteiger partial charge in [-0.25, -0.2) is 4.98 Å². The number of anilines is 1. The first-order valence-electron chi connectivity index (χ1n) is 6.62. The molecule has 0 aliphatic heterocycles. The first-order chi connectivity index (χ1) is 9.88. The number of aryl methyl sites for hydroxylation is 2. The largest absolute Gasteiger partial charge is 0.378 e. The zero-order valence-corrected chi connectivity index (χ0v) is 12.2. The van der Waals surface area contributed by atoms with Crippen molar-refractivity contribution in [2.75, 3.05) is 5.32 Å². The fourth-order valence-electron chi connectivity index (χ4n) is 2.33. The predicted molar refractivity (Wildman–Crippen MR) is 81.3 cm³/mol. The highest BCUT2D eigenvalue weighted by Crippen LogP contribution is 2.19. The van der Waals surface area contributed by atoms with Crippen LogP contribution in [0.4, 0.5) is 5.69 Å². The summed E-state index contributed by atoms with van der Waals surface area (Å²) in [6.45, 7) is 5.41. The van der Waals surface area contributed by atoms with E-state index in [9.17, 15) is 9.59 Å². The molecule has 0 saturated heterocycles. The summed E-state index contributed by atoms with van der Waals surface area (Å²) in [7, 11) is 0. The summed E-state index contributed by atoms with van der Waals surface area (Å²) >= 11 is 0. The molecule has 0 bridgehead atoms. The minimum Gasteiger partial charge on any atom is -0.378 e. The summed E-state index contributed by atoms with van der Waals surface area (Å²) < 4.78 is 0. The van der Waals surface area contributed by atoms with Gasteiger partial charge >= 0.3 is 0 Å². The highest BCUT2D eigenvalue weighted by molar-refractivity contribution is 5.93. The molecule has 110 valence electrons. The Bertz CT molecular complexity index is 737. The van der Waals surface area contributed by atoms with E-state index in [-0.39, 0.29) is 11.6 Å². The third-order valence-electron chi connectivity index (χ3n) is 3.23. The fraction of sp³-hybridized carbons (Fsp3) is 0.267. The van der Waals surface area contributed by atoms with E-state index in [2.05, 4.69) is 15.3 Å². The molecule has 2 aromatic rings. The van der Waals surface area contributed by atoms with Crippen LogP contribution in [0.15, 0.2) is 29.1 Å². The van der Waals surface area contributed by atoms with Crippen molar-refractivity contribution >= 4 is 11.6 Å². The number of H-pyrrole nitrogens is 1. The van der Waals surface area contributed by atoms with Gasteiger partial charge in [0.15, 0.2) is 0 Å². The van der Waals surface area contributed by atoms with Crippen molar-refractivity contribution in [3.05, 3.63) is 57.3 Å². The molecule has 0 aliphatic carbocycles. The lowest BCUT2D eigenvalue weighted by molar-refractivity contribution is 0.100. The van der Waals surface area contributed by atoms with E-state index in [4.69, 9.17) is 5.73 Å². The van der Waals surface area contributed by atoms with Crippen molar-refractivity contribution in [1.82, 2.24) is 9.97 Å². The number of benzene rings is 1. The third-order valence-corrected chi connectivity index (χ3v) is 3.23.